The summed E-state index contributed by atoms with van der Waals surface area (Å²) < 4.78 is 0. The van der Waals surface area contributed by atoms with Gasteiger partial charge in [-0.1, -0.05) is 56.0 Å². The first-order valence-corrected chi connectivity index (χ1v) is 5.72. The average molecular weight is 224 g/mol. The van der Waals surface area contributed by atoms with E-state index in [-0.39, 0.29) is 5.75 Å². The Labute approximate surface area is 102 Å². The molecule has 0 heterocycles. The summed E-state index contributed by atoms with van der Waals surface area (Å²) >= 11 is 0. The first-order chi connectivity index (χ1) is 8.22. The smallest absolute Gasteiger partial charge is 0.122 e. The van der Waals surface area contributed by atoms with Crippen molar-refractivity contribution in [1.82, 2.24) is 0 Å². The third-order valence-electron chi connectivity index (χ3n) is 3.07. The highest BCUT2D eigenvalue weighted by Gasteiger charge is 2.09. The van der Waals surface area contributed by atoms with Gasteiger partial charge in [-0.15, -0.1) is 0 Å². The molecule has 17 heavy (non-hydrogen) atoms. The summed E-state index contributed by atoms with van der Waals surface area (Å²) in [5.74, 6) is 0.597. The van der Waals surface area contributed by atoms with Crippen LogP contribution in [0.3, 0.4) is 0 Å². The molecule has 0 saturated carbocycles. The normalized spacial score (nSPS) is 12.1. The maximum atomic E-state index is 9.62. The molecule has 0 aliphatic rings. The molecule has 2 rings (SSSR count). The van der Waals surface area contributed by atoms with Gasteiger partial charge in [0.05, 0.1) is 0 Å². The Morgan fingerprint density at radius 2 is 1.76 bits per heavy atom. The minimum absolute atomic E-state index is 0.281. The molecular weight excluding hydrogens is 208 g/mol. The van der Waals surface area contributed by atoms with Gasteiger partial charge in [-0.25, -0.2) is 0 Å². The van der Waals surface area contributed by atoms with E-state index in [1.165, 1.54) is 11.1 Å². The van der Waals surface area contributed by atoms with Crippen molar-refractivity contribution in [1.29, 1.82) is 0 Å². The molecule has 0 aliphatic heterocycles. The Hall–Kier alpha value is -2.02. The molecule has 0 fully saturated rings. The molecule has 1 heteroatoms. The van der Waals surface area contributed by atoms with Gasteiger partial charge in [0, 0.05) is 11.5 Å². The van der Waals surface area contributed by atoms with Gasteiger partial charge in [0.1, 0.15) is 5.75 Å². The zero-order valence-corrected chi connectivity index (χ0v) is 9.93. The monoisotopic (exact) mass is 224 g/mol. The Balaban J connectivity index is 2.38. The zero-order valence-electron chi connectivity index (χ0n) is 9.93. The third kappa shape index (κ3) is 2.39. The molecule has 1 unspecified atom stereocenters. The number of hydrogen-bond donors (Lipinski definition) is 1. The van der Waals surface area contributed by atoms with E-state index >= 15 is 0 Å². The maximum Gasteiger partial charge on any atom is 0.122 e. The summed E-state index contributed by atoms with van der Waals surface area (Å²) in [6.07, 6.45) is 1.68. The molecule has 0 radical (unpaired) electrons. The fourth-order valence-electron chi connectivity index (χ4n) is 1.94. The standard InChI is InChI=1S/C16H16O/c1-3-13-11-15(9-10-16(13)17)12(2)14-7-5-4-6-8-14/h3-12,17H,1H2,2H3. The van der Waals surface area contributed by atoms with Crippen LogP contribution in [0.4, 0.5) is 0 Å². The van der Waals surface area contributed by atoms with Gasteiger partial charge in [-0.05, 0) is 23.3 Å². The highest BCUT2D eigenvalue weighted by atomic mass is 16.3. The van der Waals surface area contributed by atoms with Crippen LogP contribution in [-0.4, -0.2) is 5.11 Å². The van der Waals surface area contributed by atoms with Gasteiger partial charge in [0.15, 0.2) is 0 Å². The van der Waals surface area contributed by atoms with Crippen LogP contribution in [0.2, 0.25) is 0 Å². The Morgan fingerprint density at radius 1 is 1.06 bits per heavy atom. The molecule has 0 spiro atoms. The first kappa shape index (κ1) is 11.5. The fraction of sp³-hybridized carbons (Fsp3) is 0.125. The van der Waals surface area contributed by atoms with Gasteiger partial charge >= 0.3 is 0 Å². The molecule has 0 bridgehead atoms. The second-order valence-electron chi connectivity index (χ2n) is 4.15. The quantitative estimate of drug-likeness (QED) is 0.829. The van der Waals surface area contributed by atoms with Crippen molar-refractivity contribution in [3.8, 4) is 5.75 Å². The summed E-state index contributed by atoms with van der Waals surface area (Å²) in [5.41, 5.74) is 3.24. The lowest BCUT2D eigenvalue weighted by atomic mass is 9.92. The lowest BCUT2D eigenvalue weighted by Crippen LogP contribution is -1.96. The highest BCUT2D eigenvalue weighted by molar-refractivity contribution is 5.57. The predicted octanol–water partition coefficient (Wildman–Crippen LogP) is 4.19. The molecule has 2 aromatic carbocycles. The average Bonchev–Trinajstić information content (AvgIpc) is 2.39. The van der Waals surface area contributed by atoms with E-state index < -0.39 is 0 Å². The van der Waals surface area contributed by atoms with Crippen LogP contribution < -0.4 is 0 Å². The largest absolute Gasteiger partial charge is 0.507 e. The Kier molecular flexibility index (Phi) is 3.29. The number of aromatic hydroxyl groups is 1. The zero-order chi connectivity index (χ0) is 12.3. The lowest BCUT2D eigenvalue weighted by Gasteiger charge is -2.13. The molecule has 1 nitrogen and oxygen atoms in total. The van der Waals surface area contributed by atoms with E-state index in [2.05, 4.69) is 25.6 Å². The second kappa shape index (κ2) is 4.88. The van der Waals surface area contributed by atoms with Crippen LogP contribution in [0.25, 0.3) is 6.08 Å². The van der Waals surface area contributed by atoms with Gasteiger partial charge < -0.3 is 5.11 Å². The van der Waals surface area contributed by atoms with Crippen LogP contribution >= 0.6 is 0 Å². The number of phenols is 1. The molecule has 0 aromatic heterocycles. The summed E-state index contributed by atoms with van der Waals surface area (Å²) in [6, 6.07) is 16.0. The first-order valence-electron chi connectivity index (χ1n) is 5.72. The van der Waals surface area contributed by atoms with Gasteiger partial charge in [-0.3, -0.25) is 0 Å². The topological polar surface area (TPSA) is 20.2 Å². The van der Waals surface area contributed by atoms with E-state index in [0.717, 1.165) is 5.56 Å². The van der Waals surface area contributed by atoms with Crippen LogP contribution in [0.15, 0.2) is 55.1 Å². The SMILES string of the molecule is C=Cc1cc(C(C)c2ccccc2)ccc1O. The van der Waals surface area contributed by atoms with E-state index in [1.54, 1.807) is 12.1 Å². The predicted molar refractivity (Wildman–Crippen MR) is 72.2 cm³/mol. The summed E-state index contributed by atoms with van der Waals surface area (Å²) in [5, 5.41) is 9.62. The van der Waals surface area contributed by atoms with Crippen LogP contribution in [0.1, 0.15) is 29.5 Å². The van der Waals surface area contributed by atoms with Gasteiger partial charge in [0.25, 0.3) is 0 Å². The minimum atomic E-state index is 0.281. The van der Waals surface area contributed by atoms with Gasteiger partial charge in [0.2, 0.25) is 0 Å². The summed E-state index contributed by atoms with van der Waals surface area (Å²) in [7, 11) is 0. The van der Waals surface area contributed by atoms with E-state index in [1.807, 2.05) is 30.3 Å². The number of rotatable bonds is 3. The molecule has 2 aromatic rings. The van der Waals surface area contributed by atoms with E-state index in [0.29, 0.717) is 5.92 Å². The highest BCUT2D eigenvalue weighted by Crippen LogP contribution is 2.28. The molecule has 1 atom stereocenters. The number of phenolic OH excluding ortho intramolecular Hbond substituents is 1. The summed E-state index contributed by atoms with van der Waals surface area (Å²) in [4.78, 5) is 0. The van der Waals surface area contributed by atoms with Crippen molar-refractivity contribution in [3.05, 3.63) is 71.8 Å². The summed E-state index contributed by atoms with van der Waals surface area (Å²) in [6.45, 7) is 5.87. The second-order valence-corrected chi connectivity index (χ2v) is 4.15. The maximum absolute atomic E-state index is 9.62. The van der Waals surface area contributed by atoms with Crippen molar-refractivity contribution in [2.75, 3.05) is 0 Å². The number of hydrogen-bond acceptors (Lipinski definition) is 1. The Bertz CT molecular complexity index is 514. The van der Waals surface area contributed by atoms with Crippen molar-refractivity contribution in [2.24, 2.45) is 0 Å². The van der Waals surface area contributed by atoms with Gasteiger partial charge in [-0.2, -0.15) is 0 Å². The van der Waals surface area contributed by atoms with Crippen LogP contribution in [0, 0.1) is 0 Å². The Morgan fingerprint density at radius 3 is 2.41 bits per heavy atom. The van der Waals surface area contributed by atoms with Crippen molar-refractivity contribution in [2.45, 2.75) is 12.8 Å². The molecule has 0 saturated heterocycles. The molecule has 0 aliphatic carbocycles. The minimum Gasteiger partial charge on any atom is -0.507 e. The fourth-order valence-corrected chi connectivity index (χ4v) is 1.94. The van der Waals surface area contributed by atoms with E-state index in [4.69, 9.17) is 0 Å². The van der Waals surface area contributed by atoms with E-state index in [9.17, 15) is 5.11 Å². The van der Waals surface area contributed by atoms with Crippen molar-refractivity contribution < 1.29 is 5.11 Å². The molecule has 0 amide bonds. The number of benzene rings is 2. The van der Waals surface area contributed by atoms with Crippen molar-refractivity contribution in [3.63, 3.8) is 0 Å². The van der Waals surface area contributed by atoms with Crippen molar-refractivity contribution >= 4 is 6.08 Å². The lowest BCUT2D eigenvalue weighted by molar-refractivity contribution is 0.473. The molecular formula is C16H16O. The molecule has 86 valence electrons. The van der Waals surface area contributed by atoms with Crippen LogP contribution in [-0.2, 0) is 0 Å². The molecule has 1 N–H and O–H groups in total. The third-order valence-corrected chi connectivity index (χ3v) is 3.07. The van der Waals surface area contributed by atoms with Crippen LogP contribution in [0.5, 0.6) is 5.75 Å².